The van der Waals surface area contributed by atoms with Gasteiger partial charge in [-0.3, -0.25) is 14.5 Å². The van der Waals surface area contributed by atoms with E-state index < -0.39 is 17.5 Å². The summed E-state index contributed by atoms with van der Waals surface area (Å²) in [7, 11) is 0. The van der Waals surface area contributed by atoms with Crippen molar-refractivity contribution in [2.75, 3.05) is 13.2 Å². The number of nitrogens with zero attached hydrogens (tertiary/aromatic N) is 1. The van der Waals surface area contributed by atoms with E-state index >= 15 is 0 Å². The lowest BCUT2D eigenvalue weighted by molar-refractivity contribution is -0.148. The molecule has 1 aliphatic carbocycles. The first-order valence-corrected chi connectivity index (χ1v) is 8.83. The number of ether oxygens (including phenoxy) is 1. The molecule has 0 saturated carbocycles. The number of carbonyl (C=O) groups is 3. The van der Waals surface area contributed by atoms with Crippen LogP contribution in [0, 0.1) is 0 Å². The number of esters is 1. The molecule has 0 radical (unpaired) electrons. The topological polar surface area (TPSA) is 75.7 Å². The van der Waals surface area contributed by atoms with Gasteiger partial charge in [0.1, 0.15) is 12.1 Å². The van der Waals surface area contributed by atoms with Crippen LogP contribution in [0.3, 0.4) is 0 Å². The first kappa shape index (κ1) is 16.0. The third kappa shape index (κ3) is 2.73. The molecule has 0 aromatic carbocycles. The molecule has 2 heterocycles. The maximum atomic E-state index is 12.9. The standard InChI is InChI=1S/C16H20N2O4S/c1-2-3-8-22-13(19)10-18-14(20)16(17-15(18)21)7-4-5-12-11(16)6-9-23-12/h6,9H,2-5,7-8,10H2,1H3,(H,17,21)/t16-/m0/s1. The summed E-state index contributed by atoms with van der Waals surface area (Å²) in [5.74, 6) is -0.880. The number of amides is 3. The van der Waals surface area contributed by atoms with E-state index in [-0.39, 0.29) is 12.5 Å². The van der Waals surface area contributed by atoms with Crippen LogP contribution in [0.15, 0.2) is 11.4 Å². The summed E-state index contributed by atoms with van der Waals surface area (Å²) < 4.78 is 5.06. The van der Waals surface area contributed by atoms with Crippen molar-refractivity contribution < 1.29 is 19.1 Å². The molecule has 6 nitrogen and oxygen atoms in total. The molecule has 124 valence electrons. The molecule has 1 fully saturated rings. The molecule has 1 atom stereocenters. The van der Waals surface area contributed by atoms with E-state index in [1.807, 2.05) is 18.4 Å². The second kappa shape index (κ2) is 6.31. The van der Waals surface area contributed by atoms with Crippen molar-refractivity contribution in [3.05, 3.63) is 21.9 Å². The Morgan fingerprint density at radius 3 is 3.09 bits per heavy atom. The number of nitrogens with one attached hydrogen (secondary N) is 1. The third-order valence-corrected chi connectivity index (χ3v) is 5.37. The Labute approximate surface area is 138 Å². The molecular weight excluding hydrogens is 316 g/mol. The zero-order chi connectivity index (χ0) is 16.4. The molecule has 1 N–H and O–H groups in total. The third-order valence-electron chi connectivity index (χ3n) is 4.38. The first-order valence-electron chi connectivity index (χ1n) is 7.95. The van der Waals surface area contributed by atoms with Gasteiger partial charge in [0, 0.05) is 10.4 Å². The SMILES string of the molecule is CCCCOC(=O)CN1C(=O)N[C@]2(CCCc3sccc32)C1=O. The highest BCUT2D eigenvalue weighted by Gasteiger charge is 2.54. The average Bonchev–Trinajstić information content (AvgIpc) is 3.09. The minimum atomic E-state index is -0.992. The number of carbonyl (C=O) groups excluding carboxylic acids is 3. The van der Waals surface area contributed by atoms with Gasteiger partial charge in [0.05, 0.1) is 6.61 Å². The van der Waals surface area contributed by atoms with Crippen LogP contribution in [0.4, 0.5) is 4.79 Å². The zero-order valence-electron chi connectivity index (χ0n) is 13.1. The molecule has 2 aliphatic rings. The average molecular weight is 336 g/mol. The van der Waals surface area contributed by atoms with E-state index in [4.69, 9.17) is 4.74 Å². The van der Waals surface area contributed by atoms with E-state index in [2.05, 4.69) is 5.32 Å². The van der Waals surface area contributed by atoms with Gasteiger partial charge in [-0.15, -0.1) is 11.3 Å². The van der Waals surface area contributed by atoms with Gasteiger partial charge in [0.2, 0.25) is 0 Å². The number of hydrogen-bond acceptors (Lipinski definition) is 5. The van der Waals surface area contributed by atoms with Crippen molar-refractivity contribution in [2.45, 2.75) is 44.6 Å². The Balaban J connectivity index is 1.75. The van der Waals surface area contributed by atoms with E-state index in [9.17, 15) is 14.4 Å². The maximum absolute atomic E-state index is 12.9. The fourth-order valence-corrected chi connectivity index (χ4v) is 4.19. The van der Waals surface area contributed by atoms with Crippen LogP contribution >= 0.6 is 11.3 Å². The van der Waals surface area contributed by atoms with Crippen LogP contribution in [0.25, 0.3) is 0 Å². The lowest BCUT2D eigenvalue weighted by Gasteiger charge is -2.31. The molecule has 1 aromatic rings. The summed E-state index contributed by atoms with van der Waals surface area (Å²) in [6.45, 7) is 1.99. The van der Waals surface area contributed by atoms with Crippen LogP contribution in [-0.2, 0) is 26.3 Å². The number of rotatable bonds is 5. The fraction of sp³-hybridized carbons (Fsp3) is 0.562. The van der Waals surface area contributed by atoms with Crippen LogP contribution < -0.4 is 5.32 Å². The predicted octanol–water partition coefficient (Wildman–Crippen LogP) is 2.17. The smallest absolute Gasteiger partial charge is 0.326 e. The van der Waals surface area contributed by atoms with Crippen molar-refractivity contribution in [3.8, 4) is 0 Å². The lowest BCUT2D eigenvalue weighted by atomic mass is 9.80. The number of hydrogen-bond donors (Lipinski definition) is 1. The number of aryl methyl sites for hydroxylation is 1. The Morgan fingerprint density at radius 1 is 1.48 bits per heavy atom. The summed E-state index contributed by atoms with van der Waals surface area (Å²) in [4.78, 5) is 39.1. The molecule has 1 spiro atoms. The predicted molar refractivity (Wildman–Crippen MR) is 85.0 cm³/mol. The fourth-order valence-electron chi connectivity index (χ4n) is 3.19. The summed E-state index contributed by atoms with van der Waals surface area (Å²) in [6.07, 6.45) is 4.03. The number of thiophene rings is 1. The zero-order valence-corrected chi connectivity index (χ0v) is 13.9. The van der Waals surface area contributed by atoms with E-state index in [1.54, 1.807) is 11.3 Å². The largest absolute Gasteiger partial charge is 0.464 e. The Kier molecular flexibility index (Phi) is 4.39. The highest BCUT2D eigenvalue weighted by molar-refractivity contribution is 7.10. The summed E-state index contributed by atoms with van der Waals surface area (Å²) in [5.41, 5.74) is -0.108. The molecule has 0 unspecified atom stereocenters. The second-order valence-electron chi connectivity index (χ2n) is 5.91. The van der Waals surface area contributed by atoms with Crippen molar-refractivity contribution in [3.63, 3.8) is 0 Å². The van der Waals surface area contributed by atoms with Crippen LogP contribution in [0.5, 0.6) is 0 Å². The highest BCUT2D eigenvalue weighted by atomic mass is 32.1. The molecular formula is C16H20N2O4S. The van der Waals surface area contributed by atoms with Gasteiger partial charge in [0.15, 0.2) is 0 Å². The Bertz CT molecular complexity index is 642. The van der Waals surface area contributed by atoms with Gasteiger partial charge >= 0.3 is 12.0 Å². The first-order chi connectivity index (χ1) is 11.1. The molecule has 1 saturated heterocycles. The summed E-state index contributed by atoms with van der Waals surface area (Å²) >= 11 is 1.60. The Morgan fingerprint density at radius 2 is 2.30 bits per heavy atom. The van der Waals surface area contributed by atoms with Gasteiger partial charge in [0.25, 0.3) is 5.91 Å². The maximum Gasteiger partial charge on any atom is 0.326 e. The minimum absolute atomic E-state index is 0.318. The minimum Gasteiger partial charge on any atom is -0.464 e. The van der Waals surface area contributed by atoms with Crippen LogP contribution in [-0.4, -0.2) is 36.0 Å². The van der Waals surface area contributed by atoms with Crippen molar-refractivity contribution in [1.29, 1.82) is 0 Å². The van der Waals surface area contributed by atoms with Gasteiger partial charge in [-0.05, 0) is 37.1 Å². The van der Waals surface area contributed by atoms with Crippen LogP contribution in [0.2, 0.25) is 0 Å². The lowest BCUT2D eigenvalue weighted by Crippen LogP contribution is -2.46. The molecule has 0 bridgehead atoms. The van der Waals surface area contributed by atoms with Crippen molar-refractivity contribution in [2.24, 2.45) is 0 Å². The van der Waals surface area contributed by atoms with Crippen LogP contribution in [0.1, 0.15) is 43.0 Å². The second-order valence-corrected chi connectivity index (χ2v) is 6.91. The van der Waals surface area contributed by atoms with E-state index in [0.717, 1.165) is 41.0 Å². The molecule has 7 heteroatoms. The van der Waals surface area contributed by atoms with E-state index in [0.29, 0.717) is 13.0 Å². The van der Waals surface area contributed by atoms with Gasteiger partial charge < -0.3 is 10.1 Å². The molecule has 1 aromatic heterocycles. The molecule has 3 amide bonds. The molecule has 3 rings (SSSR count). The highest BCUT2D eigenvalue weighted by Crippen LogP contribution is 2.41. The number of imide groups is 1. The van der Waals surface area contributed by atoms with Gasteiger partial charge in [-0.2, -0.15) is 0 Å². The number of fused-ring (bicyclic) bond motifs is 2. The van der Waals surface area contributed by atoms with Gasteiger partial charge in [-0.1, -0.05) is 13.3 Å². The van der Waals surface area contributed by atoms with E-state index in [1.165, 1.54) is 0 Å². The van der Waals surface area contributed by atoms with Crippen molar-refractivity contribution in [1.82, 2.24) is 10.2 Å². The summed E-state index contributed by atoms with van der Waals surface area (Å²) in [6, 6.07) is 1.39. The molecule has 23 heavy (non-hydrogen) atoms. The monoisotopic (exact) mass is 336 g/mol. The number of urea groups is 1. The molecule has 1 aliphatic heterocycles. The van der Waals surface area contributed by atoms with Crippen molar-refractivity contribution >= 4 is 29.2 Å². The normalized spacial score (nSPS) is 23.1. The number of unbranched alkanes of at least 4 members (excludes halogenated alkanes) is 1. The quantitative estimate of drug-likeness (QED) is 0.508. The summed E-state index contributed by atoms with van der Waals surface area (Å²) in [5, 5.41) is 4.76. The Hall–Kier alpha value is -1.89. The van der Waals surface area contributed by atoms with Gasteiger partial charge in [-0.25, -0.2) is 4.79 Å².